The molecule has 0 fully saturated rings. The van der Waals surface area contributed by atoms with Gasteiger partial charge in [-0.25, -0.2) is 0 Å². The monoisotopic (exact) mass is 774 g/mol. The Hall–Kier alpha value is -5.16. The van der Waals surface area contributed by atoms with Crippen LogP contribution in [0.3, 0.4) is 0 Å². The molecule has 0 spiro atoms. The Morgan fingerprint density at radius 3 is 1.11 bits per heavy atom. The Morgan fingerprint density at radius 2 is 0.778 bits per heavy atom. The van der Waals surface area contributed by atoms with Crippen molar-refractivity contribution < 1.29 is 71.9 Å². The second kappa shape index (κ2) is 11.7. The second-order valence-corrected chi connectivity index (χ2v) is 13.1. The van der Waals surface area contributed by atoms with E-state index in [1.165, 1.54) is 6.92 Å². The summed E-state index contributed by atoms with van der Waals surface area (Å²) in [5.74, 6) is -6.27. The van der Waals surface area contributed by atoms with Gasteiger partial charge in [0.1, 0.15) is 0 Å². The summed E-state index contributed by atoms with van der Waals surface area (Å²) in [6, 6.07) is 0.423. The average Bonchev–Trinajstić information content (AvgIpc) is 3.06. The number of carbonyl (C=O) groups is 4. The number of imide groups is 2. The van der Waals surface area contributed by atoms with E-state index in [1.54, 1.807) is 6.92 Å². The first-order valence-electron chi connectivity index (χ1n) is 16.3. The number of hydrogen-bond donors (Lipinski definition) is 0. The van der Waals surface area contributed by atoms with Crippen LogP contribution in [0.4, 0.5) is 52.7 Å². The molecule has 0 aliphatic carbocycles. The molecule has 2 aliphatic heterocycles. The molecule has 0 saturated heterocycles. The van der Waals surface area contributed by atoms with Crippen LogP contribution in [0.5, 0.6) is 0 Å². The molecule has 6 nitrogen and oxygen atoms in total. The molecule has 0 unspecified atom stereocenters. The molecular formula is C36H22F12N2O4. The van der Waals surface area contributed by atoms with Crippen LogP contribution in [0.1, 0.15) is 103 Å². The Kier molecular flexibility index (Phi) is 8.03. The molecule has 18 heteroatoms. The van der Waals surface area contributed by atoms with E-state index in [1.807, 2.05) is 0 Å². The molecule has 0 radical (unpaired) electrons. The molecule has 284 valence electrons. The fourth-order valence-corrected chi connectivity index (χ4v) is 7.69. The van der Waals surface area contributed by atoms with Gasteiger partial charge in [-0.05, 0) is 53.3 Å². The number of halogens is 12. The maximum atomic E-state index is 15.1. The molecule has 54 heavy (non-hydrogen) atoms. The van der Waals surface area contributed by atoms with Crippen LogP contribution in [0.15, 0.2) is 24.3 Å². The summed E-state index contributed by atoms with van der Waals surface area (Å²) in [7, 11) is 0. The van der Waals surface area contributed by atoms with Crippen LogP contribution in [0, 0.1) is 0 Å². The van der Waals surface area contributed by atoms with E-state index in [9.17, 15) is 45.5 Å². The van der Waals surface area contributed by atoms with Crippen molar-refractivity contribution in [3.63, 3.8) is 0 Å². The third-order valence-electron chi connectivity index (χ3n) is 9.91. The van der Waals surface area contributed by atoms with Gasteiger partial charge in [-0.15, -0.1) is 0 Å². The number of fused-ring (bicyclic) bond motifs is 2. The van der Waals surface area contributed by atoms with Crippen molar-refractivity contribution in [2.24, 2.45) is 0 Å². The quantitative estimate of drug-likeness (QED) is 0.0745. The fourth-order valence-electron chi connectivity index (χ4n) is 7.69. The highest BCUT2D eigenvalue weighted by atomic mass is 19.4. The summed E-state index contributed by atoms with van der Waals surface area (Å²) in [5, 5.41) is -9.83. The van der Waals surface area contributed by atoms with Gasteiger partial charge in [0.05, 0.1) is 33.4 Å². The van der Waals surface area contributed by atoms with Gasteiger partial charge >= 0.3 is 24.7 Å². The van der Waals surface area contributed by atoms with Crippen LogP contribution in [0.2, 0.25) is 0 Å². The molecule has 4 amide bonds. The highest BCUT2D eigenvalue weighted by Crippen LogP contribution is 2.56. The molecule has 2 aliphatic rings. The first kappa shape index (κ1) is 37.2. The molecular weight excluding hydrogens is 752 g/mol. The molecule has 0 atom stereocenters. The van der Waals surface area contributed by atoms with Crippen molar-refractivity contribution >= 4 is 66.7 Å². The SMILES string of the molecule is CCCCN1C(=O)c2c(C(F)(F)F)cc3c4c(C(F)(F)F)cc5c6c(cc(C(F)(F)F)c(c7cc(C(F)(F)F)c(c2c37)C1=O)c64)C(=O)N(CCCC)C5=O. The van der Waals surface area contributed by atoms with Gasteiger partial charge in [-0.1, -0.05) is 26.7 Å². The lowest BCUT2D eigenvalue weighted by Gasteiger charge is -2.34. The fraction of sp³-hybridized carbons (Fsp3) is 0.333. The highest BCUT2D eigenvalue weighted by Gasteiger charge is 2.50. The molecule has 0 bridgehead atoms. The summed E-state index contributed by atoms with van der Waals surface area (Å²) < 4.78 is 181. The van der Waals surface area contributed by atoms with Gasteiger partial charge in [0.15, 0.2) is 0 Å². The van der Waals surface area contributed by atoms with Gasteiger partial charge in [0, 0.05) is 51.1 Å². The van der Waals surface area contributed by atoms with Gasteiger partial charge < -0.3 is 0 Å². The second-order valence-electron chi connectivity index (χ2n) is 13.1. The molecule has 5 aromatic rings. The number of hydrogen-bond acceptors (Lipinski definition) is 4. The smallest absolute Gasteiger partial charge is 0.274 e. The largest absolute Gasteiger partial charge is 0.417 e. The average molecular weight is 775 g/mol. The van der Waals surface area contributed by atoms with E-state index in [0.717, 1.165) is 0 Å². The Balaban J connectivity index is 1.87. The first-order chi connectivity index (χ1) is 25.0. The predicted octanol–water partition coefficient (Wildman–Crippen LogP) is 10.6. The summed E-state index contributed by atoms with van der Waals surface area (Å²) in [5.41, 5.74) is -13.0. The first-order valence-corrected chi connectivity index (χ1v) is 16.3. The van der Waals surface area contributed by atoms with E-state index in [-0.39, 0.29) is 48.4 Å². The topological polar surface area (TPSA) is 74.8 Å². The van der Waals surface area contributed by atoms with Crippen LogP contribution in [-0.4, -0.2) is 46.5 Å². The van der Waals surface area contributed by atoms with E-state index >= 15 is 26.3 Å². The van der Waals surface area contributed by atoms with Crippen LogP contribution in [0.25, 0.3) is 43.1 Å². The van der Waals surface area contributed by atoms with E-state index in [4.69, 9.17) is 0 Å². The zero-order valence-electron chi connectivity index (χ0n) is 27.6. The zero-order valence-corrected chi connectivity index (χ0v) is 27.6. The van der Waals surface area contributed by atoms with Gasteiger partial charge in [0.2, 0.25) is 0 Å². The van der Waals surface area contributed by atoms with Gasteiger partial charge in [-0.3, -0.25) is 29.0 Å². The number of amides is 4. The van der Waals surface area contributed by atoms with Crippen LogP contribution >= 0.6 is 0 Å². The van der Waals surface area contributed by atoms with Crippen molar-refractivity contribution in [1.29, 1.82) is 0 Å². The minimum Gasteiger partial charge on any atom is -0.274 e. The molecule has 0 N–H and O–H groups in total. The lowest BCUT2D eigenvalue weighted by atomic mass is 9.77. The van der Waals surface area contributed by atoms with Gasteiger partial charge in [0.25, 0.3) is 23.6 Å². The number of unbranched alkanes of at least 4 members (excludes halogenated alkanes) is 2. The minimum atomic E-state index is -5.69. The van der Waals surface area contributed by atoms with Crippen molar-refractivity contribution in [3.05, 3.63) is 68.8 Å². The third-order valence-corrected chi connectivity index (χ3v) is 9.91. The molecule has 0 aromatic heterocycles. The Labute approximate surface area is 294 Å². The lowest BCUT2D eigenvalue weighted by Crippen LogP contribution is -2.43. The van der Waals surface area contributed by atoms with Crippen molar-refractivity contribution in [1.82, 2.24) is 9.80 Å². The predicted molar refractivity (Wildman–Crippen MR) is 168 cm³/mol. The number of nitrogens with zero attached hydrogens (tertiary/aromatic N) is 2. The van der Waals surface area contributed by atoms with Crippen molar-refractivity contribution in [2.75, 3.05) is 13.1 Å². The lowest BCUT2D eigenvalue weighted by molar-refractivity contribution is -0.138. The van der Waals surface area contributed by atoms with Crippen molar-refractivity contribution in [2.45, 2.75) is 64.2 Å². The number of carbonyl (C=O) groups excluding carboxylic acids is 4. The molecule has 5 aromatic carbocycles. The van der Waals surface area contributed by atoms with Crippen LogP contribution < -0.4 is 0 Å². The number of benzene rings is 5. The highest BCUT2D eigenvalue weighted by molar-refractivity contribution is 6.42. The standard InChI is InChI=1S/C36H22F12N2O4/c1-3-5-7-49-29(51)15-11-17(33(37,38)39)23-13-9-19(35(43,44)45)25-28-21(13)14(24-18(34(40,41)42)12-16(30(49)52)22(15)27(23)24)10-20(36(46,47)48)26(28)32(54)50(31(25)53)8-6-4-2/h9-12H,3-8H2,1-2H3. The Bertz CT molecular complexity index is 2360. The van der Waals surface area contributed by atoms with Gasteiger partial charge in [-0.2, -0.15) is 52.7 Å². The Morgan fingerprint density at radius 1 is 0.426 bits per heavy atom. The number of alkyl halides is 12. The maximum Gasteiger partial charge on any atom is 0.417 e. The number of rotatable bonds is 6. The van der Waals surface area contributed by atoms with Crippen molar-refractivity contribution in [3.8, 4) is 0 Å². The molecule has 0 saturated carbocycles. The van der Waals surface area contributed by atoms with E-state index in [2.05, 4.69) is 0 Å². The summed E-state index contributed by atoms with van der Waals surface area (Å²) in [6.45, 7) is 2.06. The zero-order chi connectivity index (χ0) is 39.8. The van der Waals surface area contributed by atoms with Crippen LogP contribution in [-0.2, 0) is 24.7 Å². The molecule has 2 heterocycles. The summed E-state index contributed by atoms with van der Waals surface area (Å²) in [4.78, 5) is 55.4. The van der Waals surface area contributed by atoms with E-state index in [0.29, 0.717) is 11.3 Å². The maximum absolute atomic E-state index is 15.1. The van der Waals surface area contributed by atoms with E-state index < -0.39 is 149 Å². The summed E-state index contributed by atoms with van der Waals surface area (Å²) >= 11 is 0. The summed E-state index contributed by atoms with van der Waals surface area (Å²) in [6.07, 6.45) is -22.1. The normalized spacial score (nSPS) is 15.7. The minimum absolute atomic E-state index is 0.0272. The molecule has 7 rings (SSSR count). The third kappa shape index (κ3) is 5.11.